The number of hydrogen-bond donors (Lipinski definition) is 1. The molecule has 0 radical (unpaired) electrons. The number of alkyl halides is 3. The van der Waals surface area contributed by atoms with Gasteiger partial charge in [0.25, 0.3) is 5.56 Å². The van der Waals surface area contributed by atoms with Gasteiger partial charge in [0.2, 0.25) is 5.91 Å². The maximum atomic E-state index is 12.9. The number of Topliss-reactive ketones (excluding diaryl/α,β-unsaturated/α-hetero) is 1. The summed E-state index contributed by atoms with van der Waals surface area (Å²) in [6, 6.07) is 9.71. The van der Waals surface area contributed by atoms with Gasteiger partial charge in [0.05, 0.1) is 11.9 Å². The highest BCUT2D eigenvalue weighted by atomic mass is 19.4. The molecule has 0 fully saturated rings. The van der Waals surface area contributed by atoms with Gasteiger partial charge in [-0.1, -0.05) is 30.3 Å². The molecular weight excluding hydrogens is 405 g/mol. The third kappa shape index (κ3) is 4.14. The van der Waals surface area contributed by atoms with Gasteiger partial charge in [-0.2, -0.15) is 13.2 Å². The second-order valence-corrected chi connectivity index (χ2v) is 6.36. The molecule has 2 aromatic heterocycles. The van der Waals surface area contributed by atoms with Gasteiger partial charge in [0, 0.05) is 12.6 Å². The van der Waals surface area contributed by atoms with Crippen molar-refractivity contribution in [1.29, 1.82) is 0 Å². The molecule has 0 unspecified atom stereocenters. The van der Waals surface area contributed by atoms with Crippen molar-refractivity contribution in [2.45, 2.75) is 12.7 Å². The fourth-order valence-electron chi connectivity index (χ4n) is 2.78. The molecule has 156 valence electrons. The predicted octanol–water partition coefficient (Wildman–Crippen LogP) is 1.11. The summed E-state index contributed by atoms with van der Waals surface area (Å²) in [6.07, 6.45) is -4.75. The van der Waals surface area contributed by atoms with Gasteiger partial charge < -0.3 is 5.32 Å². The van der Waals surface area contributed by atoms with E-state index < -0.39 is 41.2 Å². The van der Waals surface area contributed by atoms with Crippen LogP contribution >= 0.6 is 0 Å². The fourth-order valence-corrected chi connectivity index (χ4v) is 2.78. The Morgan fingerprint density at radius 1 is 1.07 bits per heavy atom. The summed E-state index contributed by atoms with van der Waals surface area (Å²) in [7, 11) is 1.14. The summed E-state index contributed by atoms with van der Waals surface area (Å²) < 4.78 is 39.9. The minimum Gasteiger partial charge on any atom is -0.347 e. The minimum absolute atomic E-state index is 0.252. The Balaban J connectivity index is 1.86. The molecule has 1 aromatic carbocycles. The van der Waals surface area contributed by atoms with Crippen molar-refractivity contribution in [3.8, 4) is 0 Å². The first-order valence-electron chi connectivity index (χ1n) is 8.62. The summed E-state index contributed by atoms with van der Waals surface area (Å²) in [5, 5.41) is 2.07. The van der Waals surface area contributed by atoms with E-state index >= 15 is 0 Å². The number of benzene rings is 1. The number of aromatic nitrogens is 3. The normalized spacial score (nSPS) is 11.5. The Bertz CT molecular complexity index is 1250. The molecule has 2 heterocycles. The zero-order valence-corrected chi connectivity index (χ0v) is 15.6. The summed E-state index contributed by atoms with van der Waals surface area (Å²) in [6.45, 7) is -1.05. The number of rotatable bonds is 5. The molecule has 1 amide bonds. The maximum Gasteiger partial charge on any atom is 0.433 e. The number of aryl methyl sites for hydroxylation is 1. The van der Waals surface area contributed by atoms with Crippen LogP contribution in [0.15, 0.2) is 52.1 Å². The lowest BCUT2D eigenvalue weighted by Gasteiger charge is -2.12. The van der Waals surface area contributed by atoms with Gasteiger partial charge in [0.15, 0.2) is 5.78 Å². The van der Waals surface area contributed by atoms with Crippen LogP contribution in [0.2, 0.25) is 0 Å². The van der Waals surface area contributed by atoms with Crippen molar-refractivity contribution in [2.75, 3.05) is 6.54 Å². The number of carbonyl (C=O) groups is 2. The van der Waals surface area contributed by atoms with Crippen molar-refractivity contribution in [3.63, 3.8) is 0 Å². The van der Waals surface area contributed by atoms with E-state index in [1.807, 2.05) is 0 Å². The number of carbonyl (C=O) groups excluding carboxylic acids is 2. The molecule has 0 atom stereocenters. The molecule has 11 heteroatoms. The average molecular weight is 420 g/mol. The van der Waals surface area contributed by atoms with Crippen molar-refractivity contribution in [3.05, 3.63) is 74.6 Å². The topological polar surface area (TPSA) is 103 Å². The van der Waals surface area contributed by atoms with Crippen LogP contribution in [-0.2, 0) is 24.6 Å². The van der Waals surface area contributed by atoms with E-state index in [1.54, 1.807) is 30.3 Å². The first-order chi connectivity index (χ1) is 14.1. The Morgan fingerprint density at radius 3 is 2.37 bits per heavy atom. The first-order valence-corrected chi connectivity index (χ1v) is 8.62. The number of ketones is 1. The van der Waals surface area contributed by atoms with Crippen LogP contribution in [0.4, 0.5) is 13.2 Å². The largest absolute Gasteiger partial charge is 0.433 e. The standard InChI is InChI=1S/C19H15F3N4O4/c1-25-16-12(7-8-14(24-16)19(20,21)22)17(29)26(18(25)30)10-15(28)23-9-13(27)11-5-3-2-4-6-11/h2-8H,9-10H2,1H3,(H,23,28). The lowest BCUT2D eigenvalue weighted by Crippen LogP contribution is -2.44. The van der Waals surface area contributed by atoms with Gasteiger partial charge in [-0.3, -0.25) is 23.5 Å². The summed E-state index contributed by atoms with van der Waals surface area (Å²) in [5.41, 5.74) is -3.29. The minimum atomic E-state index is -4.75. The molecular formula is C19H15F3N4O4. The molecule has 0 aliphatic carbocycles. The zero-order valence-electron chi connectivity index (χ0n) is 15.6. The number of pyridine rings is 1. The second kappa shape index (κ2) is 7.93. The lowest BCUT2D eigenvalue weighted by atomic mass is 10.1. The Labute approximate surface area is 166 Å². The molecule has 0 aliphatic rings. The van der Waals surface area contributed by atoms with Crippen LogP contribution in [0.3, 0.4) is 0 Å². The van der Waals surface area contributed by atoms with E-state index in [9.17, 15) is 32.3 Å². The smallest absolute Gasteiger partial charge is 0.347 e. The molecule has 8 nitrogen and oxygen atoms in total. The van der Waals surface area contributed by atoms with Crippen LogP contribution in [-0.4, -0.2) is 32.4 Å². The number of amides is 1. The number of halogens is 3. The van der Waals surface area contributed by atoms with Crippen LogP contribution < -0.4 is 16.6 Å². The number of nitrogens with one attached hydrogen (secondary N) is 1. The summed E-state index contributed by atoms with van der Waals surface area (Å²) in [4.78, 5) is 52.5. The lowest BCUT2D eigenvalue weighted by molar-refractivity contribution is -0.141. The highest BCUT2D eigenvalue weighted by Crippen LogP contribution is 2.28. The first kappa shape index (κ1) is 21.0. The van der Waals surface area contributed by atoms with Crippen molar-refractivity contribution in [2.24, 2.45) is 7.05 Å². The van der Waals surface area contributed by atoms with Crippen molar-refractivity contribution >= 4 is 22.7 Å². The number of hydrogen-bond acceptors (Lipinski definition) is 5. The predicted molar refractivity (Wildman–Crippen MR) is 100 cm³/mol. The zero-order chi connectivity index (χ0) is 22.1. The number of nitrogens with zero attached hydrogens (tertiary/aromatic N) is 3. The van der Waals surface area contributed by atoms with E-state index in [1.165, 1.54) is 0 Å². The Kier molecular flexibility index (Phi) is 5.54. The van der Waals surface area contributed by atoms with Crippen molar-refractivity contribution < 1.29 is 22.8 Å². The molecule has 30 heavy (non-hydrogen) atoms. The van der Waals surface area contributed by atoms with Gasteiger partial charge in [-0.05, 0) is 12.1 Å². The molecule has 0 aliphatic heterocycles. The molecule has 1 N–H and O–H groups in total. The van der Waals surface area contributed by atoms with Crippen LogP contribution in [0, 0.1) is 0 Å². The Morgan fingerprint density at radius 2 is 1.73 bits per heavy atom. The summed E-state index contributed by atoms with van der Waals surface area (Å²) in [5.74, 6) is -1.15. The molecule has 3 rings (SSSR count). The third-order valence-electron chi connectivity index (χ3n) is 4.32. The highest BCUT2D eigenvalue weighted by molar-refractivity contribution is 5.99. The van der Waals surface area contributed by atoms with E-state index in [2.05, 4.69) is 10.3 Å². The monoisotopic (exact) mass is 420 g/mol. The van der Waals surface area contributed by atoms with Gasteiger partial charge >= 0.3 is 11.9 Å². The van der Waals surface area contributed by atoms with Gasteiger partial charge in [0.1, 0.15) is 17.9 Å². The van der Waals surface area contributed by atoms with Crippen LogP contribution in [0.1, 0.15) is 16.1 Å². The molecule has 0 saturated carbocycles. The SMILES string of the molecule is Cn1c(=O)n(CC(=O)NCC(=O)c2ccccc2)c(=O)c2ccc(C(F)(F)F)nc21. The van der Waals surface area contributed by atoms with E-state index in [-0.39, 0.29) is 17.7 Å². The average Bonchev–Trinajstić information content (AvgIpc) is 2.73. The van der Waals surface area contributed by atoms with E-state index in [4.69, 9.17) is 0 Å². The number of fused-ring (bicyclic) bond motifs is 1. The molecule has 0 bridgehead atoms. The second-order valence-electron chi connectivity index (χ2n) is 6.36. The van der Waals surface area contributed by atoms with Crippen LogP contribution in [0.25, 0.3) is 11.0 Å². The highest BCUT2D eigenvalue weighted by Gasteiger charge is 2.33. The van der Waals surface area contributed by atoms with Crippen LogP contribution in [0.5, 0.6) is 0 Å². The molecule has 0 spiro atoms. The third-order valence-corrected chi connectivity index (χ3v) is 4.32. The van der Waals surface area contributed by atoms with Gasteiger partial charge in [-0.25, -0.2) is 9.78 Å². The fraction of sp³-hybridized carbons (Fsp3) is 0.211. The Hall–Kier alpha value is -3.76. The summed E-state index contributed by atoms with van der Waals surface area (Å²) >= 11 is 0. The van der Waals surface area contributed by atoms with Crippen molar-refractivity contribution in [1.82, 2.24) is 19.4 Å². The maximum absolute atomic E-state index is 12.9. The molecule has 3 aromatic rings. The molecule has 0 saturated heterocycles. The quantitative estimate of drug-likeness (QED) is 0.623. The van der Waals surface area contributed by atoms with Gasteiger partial charge in [-0.15, -0.1) is 0 Å². The van der Waals surface area contributed by atoms with E-state index in [0.29, 0.717) is 16.2 Å². The van der Waals surface area contributed by atoms with E-state index in [0.717, 1.165) is 17.7 Å².